The number of hydrogen-bond acceptors (Lipinski definition) is 2. The molecule has 2 aromatic carbocycles. The van der Waals surface area contributed by atoms with Crippen LogP contribution < -0.4 is 4.74 Å². The lowest BCUT2D eigenvalue weighted by molar-refractivity contribution is 0.185. The third kappa shape index (κ3) is 3.22. The van der Waals surface area contributed by atoms with Gasteiger partial charge in [0.05, 0.1) is 6.61 Å². The Morgan fingerprint density at radius 3 is 2.28 bits per heavy atom. The minimum absolute atomic E-state index is 0.611. The quantitative estimate of drug-likeness (QED) is 0.738. The third-order valence-corrected chi connectivity index (χ3v) is 2.57. The monoisotopic (exact) mass is 240 g/mol. The largest absolute Gasteiger partial charge is 0.457 e. The van der Waals surface area contributed by atoms with Gasteiger partial charge in [0.25, 0.3) is 0 Å². The highest BCUT2D eigenvalue weighted by molar-refractivity contribution is 5.59. The molecule has 92 valence electrons. The van der Waals surface area contributed by atoms with Crippen LogP contribution in [-0.4, -0.2) is 7.11 Å². The molecule has 2 aromatic rings. The van der Waals surface area contributed by atoms with E-state index in [2.05, 4.69) is 6.58 Å². The summed E-state index contributed by atoms with van der Waals surface area (Å²) in [7, 11) is 1.68. The molecule has 0 amide bonds. The van der Waals surface area contributed by atoms with E-state index < -0.39 is 0 Å². The Hall–Kier alpha value is -2.06. The van der Waals surface area contributed by atoms with Gasteiger partial charge in [-0.3, -0.25) is 0 Å². The van der Waals surface area contributed by atoms with Gasteiger partial charge in [0.15, 0.2) is 0 Å². The summed E-state index contributed by atoms with van der Waals surface area (Å²) in [4.78, 5) is 0. The van der Waals surface area contributed by atoms with Crippen LogP contribution in [0, 0.1) is 0 Å². The smallest absolute Gasteiger partial charge is 0.127 e. The van der Waals surface area contributed by atoms with Crippen LogP contribution in [0.1, 0.15) is 11.1 Å². The van der Waals surface area contributed by atoms with Crippen LogP contribution in [0.25, 0.3) is 5.76 Å². The molecule has 0 radical (unpaired) electrons. The molecule has 2 nitrogen and oxygen atoms in total. The number of ether oxygens (including phenoxy) is 2. The zero-order valence-corrected chi connectivity index (χ0v) is 10.4. The molecule has 0 bridgehead atoms. The van der Waals surface area contributed by atoms with E-state index in [0.717, 1.165) is 16.9 Å². The lowest BCUT2D eigenvalue weighted by Gasteiger charge is -2.09. The molecule has 0 atom stereocenters. The molecule has 0 aliphatic heterocycles. The van der Waals surface area contributed by atoms with E-state index in [1.54, 1.807) is 7.11 Å². The topological polar surface area (TPSA) is 18.5 Å². The Morgan fingerprint density at radius 2 is 1.67 bits per heavy atom. The second-order valence-corrected chi connectivity index (χ2v) is 3.97. The third-order valence-electron chi connectivity index (χ3n) is 2.57. The van der Waals surface area contributed by atoms with Crippen LogP contribution in [-0.2, 0) is 11.3 Å². The summed E-state index contributed by atoms with van der Waals surface area (Å²) < 4.78 is 10.8. The second kappa shape index (κ2) is 6.03. The molecule has 0 aliphatic carbocycles. The second-order valence-electron chi connectivity index (χ2n) is 3.97. The molecule has 0 aliphatic rings. The average molecular weight is 240 g/mol. The number of methoxy groups -OCH3 is 1. The molecule has 0 heterocycles. The minimum atomic E-state index is 0.611. The Kier molecular flexibility index (Phi) is 4.15. The maximum atomic E-state index is 5.70. The summed E-state index contributed by atoms with van der Waals surface area (Å²) in [6.07, 6.45) is 0. The van der Waals surface area contributed by atoms with Gasteiger partial charge in [0.2, 0.25) is 0 Å². The number of rotatable bonds is 5. The van der Waals surface area contributed by atoms with Crippen molar-refractivity contribution >= 4 is 5.76 Å². The van der Waals surface area contributed by atoms with Gasteiger partial charge in [-0.25, -0.2) is 0 Å². The molecule has 0 N–H and O–H groups in total. The molecule has 2 heteroatoms. The summed E-state index contributed by atoms with van der Waals surface area (Å²) in [5.74, 6) is 1.43. The standard InChI is InChI=1S/C16H16O2/c1-13(15-6-4-3-5-7-15)18-16-10-8-14(9-11-16)12-17-2/h3-11H,1,12H2,2H3. The Balaban J connectivity index is 2.03. The molecule has 0 aromatic heterocycles. The molecule has 0 saturated carbocycles. The van der Waals surface area contributed by atoms with Gasteiger partial charge in [-0.05, 0) is 17.7 Å². The first-order chi connectivity index (χ1) is 8.79. The van der Waals surface area contributed by atoms with Crippen molar-refractivity contribution in [1.82, 2.24) is 0 Å². The maximum absolute atomic E-state index is 5.70. The predicted molar refractivity (Wildman–Crippen MR) is 73.3 cm³/mol. The van der Waals surface area contributed by atoms with Gasteiger partial charge < -0.3 is 9.47 Å². The van der Waals surface area contributed by atoms with Crippen molar-refractivity contribution in [2.45, 2.75) is 6.61 Å². The fraction of sp³-hybridized carbons (Fsp3) is 0.125. The molecule has 0 spiro atoms. The van der Waals surface area contributed by atoms with Crippen molar-refractivity contribution in [2.24, 2.45) is 0 Å². The summed E-state index contributed by atoms with van der Waals surface area (Å²) >= 11 is 0. The zero-order valence-electron chi connectivity index (χ0n) is 10.4. The normalized spacial score (nSPS) is 10.1. The van der Waals surface area contributed by atoms with E-state index in [9.17, 15) is 0 Å². The Morgan fingerprint density at radius 1 is 1.00 bits per heavy atom. The Labute approximate surface area is 107 Å². The minimum Gasteiger partial charge on any atom is -0.457 e. The molecule has 0 saturated heterocycles. The van der Waals surface area contributed by atoms with Crippen molar-refractivity contribution < 1.29 is 9.47 Å². The fourth-order valence-electron chi connectivity index (χ4n) is 1.65. The highest BCUT2D eigenvalue weighted by atomic mass is 16.5. The molecule has 0 unspecified atom stereocenters. The van der Waals surface area contributed by atoms with E-state index in [0.29, 0.717) is 12.4 Å². The van der Waals surface area contributed by atoms with Crippen molar-refractivity contribution in [2.75, 3.05) is 7.11 Å². The average Bonchev–Trinajstić information content (AvgIpc) is 2.42. The van der Waals surface area contributed by atoms with Gasteiger partial charge in [0, 0.05) is 12.7 Å². The first-order valence-electron chi connectivity index (χ1n) is 5.79. The van der Waals surface area contributed by atoms with Crippen LogP contribution in [0.4, 0.5) is 0 Å². The van der Waals surface area contributed by atoms with Crippen LogP contribution in [0.5, 0.6) is 5.75 Å². The van der Waals surface area contributed by atoms with Gasteiger partial charge >= 0.3 is 0 Å². The van der Waals surface area contributed by atoms with Crippen molar-refractivity contribution in [3.63, 3.8) is 0 Å². The van der Waals surface area contributed by atoms with Crippen LogP contribution in [0.15, 0.2) is 61.2 Å². The molecule has 2 rings (SSSR count). The van der Waals surface area contributed by atoms with E-state index in [1.807, 2.05) is 54.6 Å². The highest BCUT2D eigenvalue weighted by Gasteiger charge is 2.01. The highest BCUT2D eigenvalue weighted by Crippen LogP contribution is 2.20. The first-order valence-corrected chi connectivity index (χ1v) is 5.79. The van der Waals surface area contributed by atoms with E-state index in [-0.39, 0.29) is 0 Å². The zero-order chi connectivity index (χ0) is 12.8. The molecule has 18 heavy (non-hydrogen) atoms. The number of benzene rings is 2. The fourth-order valence-corrected chi connectivity index (χ4v) is 1.65. The van der Waals surface area contributed by atoms with E-state index in [4.69, 9.17) is 9.47 Å². The molecular weight excluding hydrogens is 224 g/mol. The predicted octanol–water partition coefficient (Wildman–Crippen LogP) is 3.88. The van der Waals surface area contributed by atoms with E-state index in [1.165, 1.54) is 0 Å². The number of hydrogen-bond donors (Lipinski definition) is 0. The lowest BCUT2D eigenvalue weighted by Crippen LogP contribution is -1.93. The van der Waals surface area contributed by atoms with Crippen LogP contribution in [0.2, 0.25) is 0 Å². The lowest BCUT2D eigenvalue weighted by atomic mass is 10.2. The first kappa shape index (κ1) is 12.4. The van der Waals surface area contributed by atoms with Gasteiger partial charge in [-0.15, -0.1) is 0 Å². The van der Waals surface area contributed by atoms with Crippen molar-refractivity contribution in [3.05, 3.63) is 72.3 Å². The van der Waals surface area contributed by atoms with Gasteiger partial charge in [0.1, 0.15) is 11.5 Å². The summed E-state index contributed by atoms with van der Waals surface area (Å²) in [5, 5.41) is 0. The van der Waals surface area contributed by atoms with Crippen molar-refractivity contribution in [3.8, 4) is 5.75 Å². The Bertz CT molecular complexity index is 500. The molecule has 0 fully saturated rings. The van der Waals surface area contributed by atoms with Gasteiger partial charge in [-0.1, -0.05) is 49.0 Å². The van der Waals surface area contributed by atoms with E-state index >= 15 is 0 Å². The van der Waals surface area contributed by atoms with Gasteiger partial charge in [-0.2, -0.15) is 0 Å². The van der Waals surface area contributed by atoms with Crippen LogP contribution >= 0.6 is 0 Å². The molecular formula is C16H16O2. The summed E-state index contributed by atoms with van der Waals surface area (Å²) in [6.45, 7) is 4.54. The van der Waals surface area contributed by atoms with Crippen LogP contribution in [0.3, 0.4) is 0 Å². The van der Waals surface area contributed by atoms with Crippen molar-refractivity contribution in [1.29, 1.82) is 0 Å². The summed E-state index contributed by atoms with van der Waals surface area (Å²) in [5.41, 5.74) is 2.11. The SMILES string of the molecule is C=C(Oc1ccc(COC)cc1)c1ccccc1. The summed E-state index contributed by atoms with van der Waals surface area (Å²) in [6, 6.07) is 17.6. The maximum Gasteiger partial charge on any atom is 0.127 e.